The van der Waals surface area contributed by atoms with Gasteiger partial charge in [-0.05, 0) is 30.5 Å². The highest BCUT2D eigenvalue weighted by Crippen LogP contribution is 2.31. The Labute approximate surface area is 129 Å². The lowest BCUT2D eigenvalue weighted by Crippen LogP contribution is -2.26. The van der Waals surface area contributed by atoms with Crippen LogP contribution >= 0.6 is 10.7 Å². The van der Waals surface area contributed by atoms with E-state index in [0.29, 0.717) is 17.9 Å². The number of amides is 1. The fourth-order valence-corrected chi connectivity index (χ4v) is 2.90. The largest absolute Gasteiger partial charge is 0.496 e. The predicted molar refractivity (Wildman–Crippen MR) is 80.1 cm³/mol. The summed E-state index contributed by atoms with van der Waals surface area (Å²) in [6.45, 7) is 0.652. The van der Waals surface area contributed by atoms with E-state index in [-0.39, 0.29) is 17.2 Å². The zero-order valence-electron chi connectivity index (χ0n) is 11.8. The summed E-state index contributed by atoms with van der Waals surface area (Å²) >= 11 is 0. The molecule has 21 heavy (non-hydrogen) atoms. The minimum Gasteiger partial charge on any atom is -0.496 e. The molecule has 1 fully saturated rings. The SMILES string of the molecule is COc1ccc(S(=O)(=O)Cl)cc1CC(=O)NCCC1CC1. The van der Waals surface area contributed by atoms with Crippen LogP contribution in [0, 0.1) is 5.92 Å². The van der Waals surface area contributed by atoms with Gasteiger partial charge < -0.3 is 10.1 Å². The number of ether oxygens (including phenoxy) is 1. The molecule has 1 aromatic carbocycles. The number of nitrogens with one attached hydrogen (secondary N) is 1. The van der Waals surface area contributed by atoms with Crippen molar-refractivity contribution in [1.82, 2.24) is 5.32 Å². The summed E-state index contributed by atoms with van der Waals surface area (Å²) in [7, 11) is 2.97. The second kappa shape index (κ2) is 6.66. The van der Waals surface area contributed by atoms with Crippen molar-refractivity contribution < 1.29 is 17.9 Å². The van der Waals surface area contributed by atoms with Crippen LogP contribution < -0.4 is 10.1 Å². The summed E-state index contributed by atoms with van der Waals surface area (Å²) in [5, 5.41) is 2.84. The van der Waals surface area contributed by atoms with Gasteiger partial charge in [-0.25, -0.2) is 8.42 Å². The third kappa shape index (κ3) is 4.89. The number of carbonyl (C=O) groups excluding carboxylic acids is 1. The third-order valence-corrected chi connectivity index (χ3v) is 4.81. The quantitative estimate of drug-likeness (QED) is 0.776. The highest BCUT2D eigenvalue weighted by molar-refractivity contribution is 8.13. The number of rotatable bonds is 7. The zero-order valence-corrected chi connectivity index (χ0v) is 13.3. The van der Waals surface area contributed by atoms with Gasteiger partial charge in [0, 0.05) is 22.8 Å². The summed E-state index contributed by atoms with van der Waals surface area (Å²) in [4.78, 5) is 11.9. The Morgan fingerprint density at radius 1 is 1.43 bits per heavy atom. The molecule has 0 unspecified atom stereocenters. The van der Waals surface area contributed by atoms with E-state index in [4.69, 9.17) is 15.4 Å². The van der Waals surface area contributed by atoms with Crippen LogP contribution in [0.2, 0.25) is 0 Å². The maximum absolute atomic E-state index is 11.9. The summed E-state index contributed by atoms with van der Waals surface area (Å²) < 4.78 is 27.8. The van der Waals surface area contributed by atoms with E-state index in [1.165, 1.54) is 38.2 Å². The van der Waals surface area contributed by atoms with Crippen molar-refractivity contribution in [2.24, 2.45) is 5.92 Å². The van der Waals surface area contributed by atoms with Gasteiger partial charge in [-0.15, -0.1) is 0 Å². The smallest absolute Gasteiger partial charge is 0.261 e. The Kier molecular flexibility index (Phi) is 5.11. The molecule has 0 aliphatic heterocycles. The van der Waals surface area contributed by atoms with Gasteiger partial charge in [-0.2, -0.15) is 0 Å². The highest BCUT2D eigenvalue weighted by atomic mass is 35.7. The van der Waals surface area contributed by atoms with Crippen LogP contribution in [0.25, 0.3) is 0 Å². The Morgan fingerprint density at radius 3 is 2.71 bits per heavy atom. The Balaban J connectivity index is 2.03. The molecule has 1 saturated carbocycles. The molecule has 0 spiro atoms. The summed E-state index contributed by atoms with van der Waals surface area (Å²) in [5.41, 5.74) is 0.503. The van der Waals surface area contributed by atoms with Crippen molar-refractivity contribution in [2.75, 3.05) is 13.7 Å². The van der Waals surface area contributed by atoms with Crippen molar-refractivity contribution in [1.29, 1.82) is 0 Å². The first-order valence-electron chi connectivity index (χ1n) is 6.78. The molecule has 0 bridgehead atoms. The van der Waals surface area contributed by atoms with Gasteiger partial charge in [0.2, 0.25) is 5.91 Å². The number of hydrogen-bond acceptors (Lipinski definition) is 4. The van der Waals surface area contributed by atoms with Crippen LogP contribution in [0.4, 0.5) is 0 Å². The monoisotopic (exact) mass is 331 g/mol. The topological polar surface area (TPSA) is 72.5 Å². The van der Waals surface area contributed by atoms with E-state index in [9.17, 15) is 13.2 Å². The van der Waals surface area contributed by atoms with E-state index in [1.54, 1.807) is 0 Å². The predicted octanol–water partition coefficient (Wildman–Crippen LogP) is 2.08. The third-order valence-electron chi connectivity index (χ3n) is 3.46. The average Bonchev–Trinajstić information content (AvgIpc) is 3.21. The zero-order chi connectivity index (χ0) is 15.5. The number of benzene rings is 1. The van der Waals surface area contributed by atoms with Gasteiger partial charge >= 0.3 is 0 Å². The number of halogens is 1. The normalized spacial score (nSPS) is 14.8. The Bertz CT molecular complexity index is 626. The molecule has 0 atom stereocenters. The minimum absolute atomic E-state index is 0.0363. The van der Waals surface area contributed by atoms with Crippen molar-refractivity contribution in [3.8, 4) is 5.75 Å². The Hall–Kier alpha value is -1.27. The maximum Gasteiger partial charge on any atom is 0.261 e. The van der Waals surface area contributed by atoms with Crippen molar-refractivity contribution in [3.05, 3.63) is 23.8 Å². The summed E-state index contributed by atoms with van der Waals surface area (Å²) in [5.74, 6) is 1.07. The minimum atomic E-state index is -3.82. The average molecular weight is 332 g/mol. The first kappa shape index (κ1) is 16.1. The molecular weight excluding hydrogens is 314 g/mol. The highest BCUT2D eigenvalue weighted by Gasteiger charge is 2.21. The van der Waals surface area contributed by atoms with Crippen molar-refractivity contribution in [2.45, 2.75) is 30.6 Å². The fourth-order valence-electron chi connectivity index (χ4n) is 2.10. The lowest BCUT2D eigenvalue weighted by Gasteiger charge is -2.10. The van der Waals surface area contributed by atoms with E-state index < -0.39 is 9.05 Å². The molecular formula is C14H18ClNO4S. The molecule has 1 aromatic rings. The molecule has 1 N–H and O–H groups in total. The van der Waals surface area contributed by atoms with Crippen LogP contribution in [-0.4, -0.2) is 28.0 Å². The van der Waals surface area contributed by atoms with Crippen molar-refractivity contribution in [3.63, 3.8) is 0 Å². The van der Waals surface area contributed by atoms with Gasteiger partial charge in [0.25, 0.3) is 9.05 Å². The van der Waals surface area contributed by atoms with Crippen molar-refractivity contribution >= 4 is 25.6 Å². The molecule has 5 nitrogen and oxygen atoms in total. The van der Waals surface area contributed by atoms with Gasteiger partial charge in [0.05, 0.1) is 18.4 Å². The Morgan fingerprint density at radius 2 is 2.14 bits per heavy atom. The first-order valence-corrected chi connectivity index (χ1v) is 9.09. The van der Waals surface area contributed by atoms with Gasteiger partial charge in [-0.1, -0.05) is 12.8 Å². The van der Waals surface area contributed by atoms with Crippen LogP contribution in [-0.2, 0) is 20.3 Å². The van der Waals surface area contributed by atoms with Gasteiger partial charge in [0.1, 0.15) is 5.75 Å². The fraction of sp³-hybridized carbons (Fsp3) is 0.500. The summed E-state index contributed by atoms with van der Waals surface area (Å²) in [6.07, 6.45) is 3.56. The lowest BCUT2D eigenvalue weighted by molar-refractivity contribution is -0.120. The van der Waals surface area contributed by atoms with Crippen LogP contribution in [0.5, 0.6) is 5.75 Å². The summed E-state index contributed by atoms with van der Waals surface area (Å²) in [6, 6.07) is 4.24. The molecule has 0 heterocycles. The van der Waals surface area contributed by atoms with E-state index >= 15 is 0 Å². The molecule has 116 valence electrons. The number of hydrogen-bond donors (Lipinski definition) is 1. The van der Waals surface area contributed by atoms with Crippen LogP contribution in [0.15, 0.2) is 23.1 Å². The second-order valence-electron chi connectivity index (χ2n) is 5.17. The lowest BCUT2D eigenvalue weighted by atomic mass is 10.1. The molecule has 1 aliphatic carbocycles. The van der Waals surface area contributed by atoms with E-state index in [1.807, 2.05) is 0 Å². The van der Waals surface area contributed by atoms with E-state index in [0.717, 1.165) is 12.3 Å². The maximum atomic E-state index is 11.9. The van der Waals surface area contributed by atoms with Crippen LogP contribution in [0.3, 0.4) is 0 Å². The second-order valence-corrected chi connectivity index (χ2v) is 7.74. The standard InChI is InChI=1S/C14H18ClNO4S/c1-20-13-5-4-12(21(15,18)19)8-11(13)9-14(17)16-7-6-10-2-3-10/h4-5,8,10H,2-3,6-7,9H2,1H3,(H,16,17). The van der Waals surface area contributed by atoms with Crippen LogP contribution in [0.1, 0.15) is 24.8 Å². The molecule has 0 aromatic heterocycles. The molecule has 7 heteroatoms. The molecule has 1 amide bonds. The number of carbonyl (C=O) groups is 1. The van der Waals surface area contributed by atoms with E-state index in [2.05, 4.69) is 5.32 Å². The molecule has 0 radical (unpaired) electrons. The molecule has 0 saturated heterocycles. The van der Waals surface area contributed by atoms with Gasteiger partial charge in [-0.3, -0.25) is 4.79 Å². The molecule has 2 rings (SSSR count). The number of methoxy groups -OCH3 is 1. The first-order chi connectivity index (χ1) is 9.90. The van der Waals surface area contributed by atoms with Gasteiger partial charge in [0.15, 0.2) is 0 Å². The molecule has 1 aliphatic rings.